The minimum Gasteiger partial charge on any atom is -0.338 e. The van der Waals surface area contributed by atoms with Crippen LogP contribution in [0, 0.1) is 0 Å². The van der Waals surface area contributed by atoms with Gasteiger partial charge in [0.05, 0.1) is 5.39 Å². The number of halogens is 2. The first-order valence-corrected chi connectivity index (χ1v) is 7.70. The van der Waals surface area contributed by atoms with Crippen LogP contribution in [0.15, 0.2) is 18.6 Å². The highest BCUT2D eigenvalue weighted by molar-refractivity contribution is 6.33. The largest absolute Gasteiger partial charge is 0.338 e. The third-order valence-corrected chi connectivity index (χ3v) is 4.87. The maximum atomic E-state index is 15.0. The first-order valence-electron chi connectivity index (χ1n) is 7.33. The van der Waals surface area contributed by atoms with E-state index < -0.39 is 23.3 Å². The Hall–Kier alpha value is -1.57. The van der Waals surface area contributed by atoms with Crippen LogP contribution >= 0.6 is 11.6 Å². The molecule has 0 radical (unpaired) electrons. The van der Waals surface area contributed by atoms with Crippen LogP contribution in [0.5, 0.6) is 0 Å². The lowest BCUT2D eigenvalue weighted by atomic mass is 10.0. The van der Waals surface area contributed by atoms with Gasteiger partial charge in [-0.3, -0.25) is 4.79 Å². The molecule has 0 unspecified atom stereocenters. The fourth-order valence-corrected chi connectivity index (χ4v) is 3.87. The van der Waals surface area contributed by atoms with E-state index in [0.717, 1.165) is 0 Å². The van der Waals surface area contributed by atoms with Crippen LogP contribution in [0.25, 0.3) is 11.0 Å². The Labute approximate surface area is 136 Å². The zero-order valence-electron chi connectivity index (χ0n) is 12.6. The van der Waals surface area contributed by atoms with Gasteiger partial charge >= 0.3 is 0 Å². The topological polar surface area (TPSA) is 66.2 Å². The molecule has 122 valence electrons. The summed E-state index contributed by atoms with van der Waals surface area (Å²) >= 11 is 6.09. The van der Waals surface area contributed by atoms with Crippen LogP contribution in [-0.2, 0) is 20.0 Å². The minimum absolute atomic E-state index is 0.0235. The fourth-order valence-electron chi connectivity index (χ4n) is 3.68. The Balaban J connectivity index is 1.94. The molecule has 1 aliphatic heterocycles. The Bertz CT molecular complexity index is 810. The van der Waals surface area contributed by atoms with E-state index in [1.54, 1.807) is 30.7 Å². The third-order valence-electron chi connectivity index (χ3n) is 4.57. The molecule has 0 amide bonds. The number of rotatable bonds is 2. The Kier molecular flexibility index (Phi) is 2.93. The zero-order chi connectivity index (χ0) is 16.5. The van der Waals surface area contributed by atoms with Gasteiger partial charge in [0.15, 0.2) is 23.5 Å². The standard InChI is InChI=1S/C15H15ClFN3O3/c1-13(2)22-12-14(17,7-21)4-5-15(12,23-13)20-6-3-9-10(16)18-8-19-11(9)20/h3,6-8,12H,4-5H2,1-2H3/t12-,14+,15-/m1/s1. The van der Waals surface area contributed by atoms with Crippen molar-refractivity contribution >= 4 is 28.9 Å². The molecule has 2 fully saturated rings. The fraction of sp³-hybridized carbons (Fsp3) is 0.533. The van der Waals surface area contributed by atoms with Crippen molar-refractivity contribution in [2.45, 2.75) is 50.0 Å². The van der Waals surface area contributed by atoms with Crippen molar-refractivity contribution in [3.05, 3.63) is 23.7 Å². The molecule has 1 saturated carbocycles. The summed E-state index contributed by atoms with van der Waals surface area (Å²) in [5.41, 5.74) is -2.72. The molecule has 0 spiro atoms. The van der Waals surface area contributed by atoms with E-state index in [0.29, 0.717) is 28.9 Å². The van der Waals surface area contributed by atoms with E-state index >= 15 is 4.39 Å². The number of carbonyl (C=O) groups is 1. The number of hydrogen-bond acceptors (Lipinski definition) is 5. The average Bonchev–Trinajstić information content (AvgIpc) is 3.12. The van der Waals surface area contributed by atoms with E-state index in [9.17, 15) is 4.79 Å². The lowest BCUT2D eigenvalue weighted by Crippen LogP contribution is -2.47. The summed E-state index contributed by atoms with van der Waals surface area (Å²) in [6.07, 6.45) is 2.65. The molecular formula is C15H15ClFN3O3. The van der Waals surface area contributed by atoms with Crippen LogP contribution in [0.3, 0.4) is 0 Å². The summed E-state index contributed by atoms with van der Waals surface area (Å²) in [5.74, 6) is -1.02. The van der Waals surface area contributed by atoms with E-state index in [2.05, 4.69) is 9.97 Å². The van der Waals surface area contributed by atoms with Crippen molar-refractivity contribution in [2.24, 2.45) is 0 Å². The van der Waals surface area contributed by atoms with Crippen molar-refractivity contribution < 1.29 is 18.7 Å². The average molecular weight is 340 g/mol. The van der Waals surface area contributed by atoms with Crippen molar-refractivity contribution in [3.63, 3.8) is 0 Å². The third kappa shape index (κ3) is 1.90. The summed E-state index contributed by atoms with van der Waals surface area (Å²) < 4.78 is 28.6. The molecule has 8 heteroatoms. The first kappa shape index (κ1) is 15.0. The number of hydrogen-bond donors (Lipinski definition) is 0. The van der Waals surface area contributed by atoms with Crippen molar-refractivity contribution in [3.8, 4) is 0 Å². The predicted octanol–water partition coefficient (Wildman–Crippen LogP) is 2.59. The molecule has 0 bridgehead atoms. The molecule has 3 atom stereocenters. The number of carbonyl (C=O) groups excluding carboxylic acids is 1. The summed E-state index contributed by atoms with van der Waals surface area (Å²) in [7, 11) is 0. The lowest BCUT2D eigenvalue weighted by Gasteiger charge is -2.31. The highest BCUT2D eigenvalue weighted by atomic mass is 35.5. The highest BCUT2D eigenvalue weighted by Gasteiger charge is 2.68. The summed E-state index contributed by atoms with van der Waals surface area (Å²) in [4.78, 5) is 19.5. The second-order valence-corrected chi connectivity index (χ2v) is 6.83. The maximum absolute atomic E-state index is 15.0. The van der Waals surface area contributed by atoms with E-state index in [1.807, 2.05) is 0 Å². The smallest absolute Gasteiger partial charge is 0.196 e. The van der Waals surface area contributed by atoms with Gasteiger partial charge in [0.25, 0.3) is 0 Å². The van der Waals surface area contributed by atoms with Crippen LogP contribution in [0.2, 0.25) is 5.15 Å². The van der Waals surface area contributed by atoms with Gasteiger partial charge < -0.3 is 14.0 Å². The van der Waals surface area contributed by atoms with Crippen LogP contribution in [0.4, 0.5) is 4.39 Å². The van der Waals surface area contributed by atoms with E-state index in [1.165, 1.54) is 6.33 Å². The number of aldehydes is 1. The van der Waals surface area contributed by atoms with Gasteiger partial charge in [-0.05, 0) is 26.3 Å². The molecule has 3 heterocycles. The molecule has 2 aliphatic rings. The van der Waals surface area contributed by atoms with Gasteiger partial charge in [0, 0.05) is 12.6 Å². The predicted molar refractivity (Wildman–Crippen MR) is 79.7 cm³/mol. The van der Waals surface area contributed by atoms with Gasteiger partial charge in [0.1, 0.15) is 23.2 Å². The molecule has 2 aromatic rings. The Morgan fingerprint density at radius 2 is 2.22 bits per heavy atom. The molecule has 4 rings (SSSR count). The number of alkyl halides is 1. The monoisotopic (exact) mass is 339 g/mol. The molecule has 1 aliphatic carbocycles. The molecule has 6 nitrogen and oxygen atoms in total. The van der Waals surface area contributed by atoms with Crippen molar-refractivity contribution in [2.75, 3.05) is 0 Å². The van der Waals surface area contributed by atoms with Crippen molar-refractivity contribution in [1.82, 2.24) is 14.5 Å². The van der Waals surface area contributed by atoms with Gasteiger partial charge in [-0.25, -0.2) is 14.4 Å². The molecule has 23 heavy (non-hydrogen) atoms. The molecule has 1 saturated heterocycles. The molecule has 0 aromatic carbocycles. The van der Waals surface area contributed by atoms with E-state index in [4.69, 9.17) is 21.1 Å². The number of nitrogens with zero attached hydrogens (tertiary/aromatic N) is 3. The molecule has 2 aromatic heterocycles. The molecular weight excluding hydrogens is 325 g/mol. The summed E-state index contributed by atoms with van der Waals surface area (Å²) in [5, 5.41) is 0.942. The summed E-state index contributed by atoms with van der Waals surface area (Å²) in [6.45, 7) is 3.40. The first-order chi connectivity index (χ1) is 10.8. The van der Waals surface area contributed by atoms with Gasteiger partial charge in [-0.15, -0.1) is 0 Å². The number of aromatic nitrogens is 3. The second-order valence-electron chi connectivity index (χ2n) is 6.48. The van der Waals surface area contributed by atoms with Gasteiger partial charge in [-0.1, -0.05) is 11.6 Å². The lowest BCUT2D eigenvalue weighted by molar-refractivity contribution is -0.189. The Morgan fingerprint density at radius 3 is 2.96 bits per heavy atom. The normalized spacial score (nSPS) is 35.6. The minimum atomic E-state index is -2.10. The Morgan fingerprint density at radius 1 is 1.43 bits per heavy atom. The van der Waals surface area contributed by atoms with Crippen LogP contribution in [0.1, 0.15) is 26.7 Å². The van der Waals surface area contributed by atoms with Gasteiger partial charge in [-0.2, -0.15) is 0 Å². The quantitative estimate of drug-likeness (QED) is 0.621. The van der Waals surface area contributed by atoms with Crippen LogP contribution < -0.4 is 0 Å². The van der Waals surface area contributed by atoms with Gasteiger partial charge in [0.2, 0.25) is 0 Å². The zero-order valence-corrected chi connectivity index (χ0v) is 13.4. The number of fused-ring (bicyclic) bond motifs is 2. The summed E-state index contributed by atoms with van der Waals surface area (Å²) in [6, 6.07) is 1.75. The number of ether oxygens (including phenoxy) is 2. The molecule has 0 N–H and O–H groups in total. The van der Waals surface area contributed by atoms with Crippen molar-refractivity contribution in [1.29, 1.82) is 0 Å². The second kappa shape index (κ2) is 4.49. The van der Waals surface area contributed by atoms with Crippen LogP contribution in [-0.4, -0.2) is 38.4 Å². The maximum Gasteiger partial charge on any atom is 0.196 e. The van der Waals surface area contributed by atoms with E-state index in [-0.39, 0.29) is 6.42 Å². The SMILES string of the molecule is CC1(C)O[C@@H]2[C@@](F)(C=O)CC[C@@]2(n2ccc3c(Cl)ncnc32)O1. The highest BCUT2D eigenvalue weighted by Crippen LogP contribution is 2.55.